The Labute approximate surface area is 92.9 Å². The molecule has 1 aromatic heterocycles. The predicted octanol–water partition coefficient (Wildman–Crippen LogP) is -0.0734. The van der Waals surface area contributed by atoms with Crippen LogP contribution in [0.5, 0.6) is 0 Å². The summed E-state index contributed by atoms with van der Waals surface area (Å²) in [4.78, 5) is 17.6. The Balaban J connectivity index is 2.00. The highest BCUT2D eigenvalue weighted by molar-refractivity contribution is 5.59. The van der Waals surface area contributed by atoms with Gasteiger partial charge in [-0.1, -0.05) is 0 Å². The summed E-state index contributed by atoms with van der Waals surface area (Å²) in [6.07, 6.45) is 4.31. The molecule has 0 bridgehead atoms. The number of nitrogens with two attached hydrogens (primary N) is 1. The number of aromatic nitrogens is 2. The number of aromatic amines is 1. The van der Waals surface area contributed by atoms with Gasteiger partial charge in [-0.3, -0.25) is 4.79 Å². The van der Waals surface area contributed by atoms with Gasteiger partial charge >= 0.3 is 0 Å². The molecule has 1 aromatic rings. The Hall–Kier alpha value is -1.56. The van der Waals surface area contributed by atoms with E-state index < -0.39 is 0 Å². The smallest absolute Gasteiger partial charge is 0.276 e. The van der Waals surface area contributed by atoms with Crippen LogP contribution >= 0.6 is 0 Å². The molecule has 0 spiro atoms. The molecule has 0 amide bonds. The van der Waals surface area contributed by atoms with Gasteiger partial charge in [-0.15, -0.1) is 0 Å². The quantitative estimate of drug-likeness (QED) is 0.560. The number of aliphatic hydroxyl groups excluding tert-OH is 1. The molecule has 1 heterocycles. The van der Waals surface area contributed by atoms with Crippen LogP contribution in [0.1, 0.15) is 19.3 Å². The van der Waals surface area contributed by atoms with E-state index >= 15 is 0 Å². The van der Waals surface area contributed by atoms with E-state index in [1.807, 2.05) is 0 Å². The van der Waals surface area contributed by atoms with Crippen LogP contribution in [0.15, 0.2) is 11.1 Å². The lowest BCUT2D eigenvalue weighted by atomic mass is 10.0. The second kappa shape index (κ2) is 4.13. The Morgan fingerprint density at radius 1 is 1.62 bits per heavy atom. The topological polar surface area (TPSA) is 104 Å². The summed E-state index contributed by atoms with van der Waals surface area (Å²) in [5.41, 5.74) is 5.54. The summed E-state index contributed by atoms with van der Waals surface area (Å²) in [6.45, 7) is 0.897. The maximum Gasteiger partial charge on any atom is 0.276 e. The summed E-state index contributed by atoms with van der Waals surface area (Å²) in [5.74, 6) is 0.424. The molecule has 16 heavy (non-hydrogen) atoms. The minimum absolute atomic E-state index is 0.113. The predicted molar refractivity (Wildman–Crippen MR) is 61.1 cm³/mol. The van der Waals surface area contributed by atoms with Crippen LogP contribution < -0.4 is 16.6 Å². The molecule has 1 fully saturated rings. The maximum atomic E-state index is 11.2. The van der Waals surface area contributed by atoms with Gasteiger partial charge in [-0.05, 0) is 24.7 Å². The van der Waals surface area contributed by atoms with E-state index in [2.05, 4.69) is 15.3 Å². The van der Waals surface area contributed by atoms with Gasteiger partial charge in [0.25, 0.3) is 5.56 Å². The number of hydrogen-bond acceptors (Lipinski definition) is 5. The van der Waals surface area contributed by atoms with Crippen LogP contribution in [-0.2, 0) is 0 Å². The number of anilines is 2. The second-order valence-electron chi connectivity index (χ2n) is 4.32. The van der Waals surface area contributed by atoms with Crippen molar-refractivity contribution in [2.24, 2.45) is 5.41 Å². The fourth-order valence-electron chi connectivity index (χ4n) is 1.75. The van der Waals surface area contributed by atoms with E-state index in [1.54, 1.807) is 0 Å². The molecule has 0 saturated heterocycles. The first-order chi connectivity index (χ1) is 7.67. The van der Waals surface area contributed by atoms with Crippen molar-refractivity contribution in [1.29, 1.82) is 0 Å². The number of nitrogen functional groups attached to an aromatic ring is 1. The van der Waals surface area contributed by atoms with Crippen LogP contribution in [0.4, 0.5) is 11.5 Å². The highest BCUT2D eigenvalue weighted by Gasteiger charge is 2.41. The van der Waals surface area contributed by atoms with Gasteiger partial charge in [0.15, 0.2) is 5.82 Å². The molecule has 1 aliphatic carbocycles. The number of aliphatic hydroxyl groups is 1. The van der Waals surface area contributed by atoms with E-state index in [0.29, 0.717) is 12.4 Å². The molecule has 6 nitrogen and oxygen atoms in total. The molecule has 6 heteroatoms. The number of nitrogens with zero attached hydrogens (tertiary/aromatic N) is 1. The average molecular weight is 224 g/mol. The third-order valence-corrected chi connectivity index (χ3v) is 3.12. The Kier molecular flexibility index (Phi) is 2.82. The lowest BCUT2D eigenvalue weighted by Crippen LogP contribution is -2.21. The molecule has 1 aliphatic rings. The van der Waals surface area contributed by atoms with Gasteiger partial charge in [-0.2, -0.15) is 0 Å². The van der Waals surface area contributed by atoms with Crippen LogP contribution in [0, 0.1) is 5.41 Å². The van der Waals surface area contributed by atoms with Crippen LogP contribution in [0.25, 0.3) is 0 Å². The lowest BCUT2D eigenvalue weighted by Gasteiger charge is -2.15. The molecule has 0 aromatic carbocycles. The van der Waals surface area contributed by atoms with Gasteiger partial charge in [0.05, 0.1) is 6.33 Å². The Morgan fingerprint density at radius 3 is 3.00 bits per heavy atom. The van der Waals surface area contributed by atoms with Gasteiger partial charge in [0.1, 0.15) is 5.69 Å². The molecule has 0 aliphatic heterocycles. The molecule has 5 N–H and O–H groups in total. The minimum Gasteiger partial charge on any atom is -0.396 e. The molecule has 0 atom stereocenters. The summed E-state index contributed by atoms with van der Waals surface area (Å²) in [5, 5.41) is 12.0. The zero-order valence-corrected chi connectivity index (χ0v) is 8.99. The van der Waals surface area contributed by atoms with Crippen molar-refractivity contribution >= 4 is 11.5 Å². The van der Waals surface area contributed by atoms with E-state index in [-0.39, 0.29) is 23.3 Å². The Bertz CT molecular complexity index is 425. The number of hydrogen-bond donors (Lipinski definition) is 4. The second-order valence-corrected chi connectivity index (χ2v) is 4.32. The zero-order chi connectivity index (χ0) is 11.6. The van der Waals surface area contributed by atoms with Crippen LogP contribution in [0.2, 0.25) is 0 Å². The summed E-state index contributed by atoms with van der Waals surface area (Å²) in [7, 11) is 0. The molecule has 2 rings (SSSR count). The van der Waals surface area contributed by atoms with Gasteiger partial charge in [-0.25, -0.2) is 4.98 Å². The third kappa shape index (κ3) is 2.16. The van der Waals surface area contributed by atoms with Crippen molar-refractivity contribution < 1.29 is 5.11 Å². The van der Waals surface area contributed by atoms with Crippen molar-refractivity contribution in [2.45, 2.75) is 19.3 Å². The van der Waals surface area contributed by atoms with E-state index in [1.165, 1.54) is 6.33 Å². The van der Waals surface area contributed by atoms with Crippen LogP contribution in [-0.4, -0.2) is 28.2 Å². The minimum atomic E-state index is -0.329. The fourth-order valence-corrected chi connectivity index (χ4v) is 1.75. The van der Waals surface area contributed by atoms with E-state index in [0.717, 1.165) is 19.3 Å². The van der Waals surface area contributed by atoms with Crippen molar-refractivity contribution in [2.75, 3.05) is 24.2 Å². The molecule has 0 unspecified atom stereocenters. The summed E-state index contributed by atoms with van der Waals surface area (Å²) >= 11 is 0. The van der Waals surface area contributed by atoms with Crippen LogP contribution in [0.3, 0.4) is 0 Å². The molecular weight excluding hydrogens is 208 g/mol. The van der Waals surface area contributed by atoms with E-state index in [9.17, 15) is 4.79 Å². The summed E-state index contributed by atoms with van der Waals surface area (Å²) in [6, 6.07) is 0. The van der Waals surface area contributed by atoms with Gasteiger partial charge in [0, 0.05) is 13.2 Å². The third-order valence-electron chi connectivity index (χ3n) is 3.12. The monoisotopic (exact) mass is 224 g/mol. The SMILES string of the molecule is Nc1c(NCC2(CCO)CC2)nc[nH]c1=O. The van der Waals surface area contributed by atoms with Crippen molar-refractivity contribution in [3.63, 3.8) is 0 Å². The highest BCUT2D eigenvalue weighted by Crippen LogP contribution is 2.48. The first-order valence-corrected chi connectivity index (χ1v) is 5.35. The number of nitrogens with one attached hydrogen (secondary N) is 2. The number of rotatable bonds is 5. The first kappa shape index (κ1) is 10.9. The maximum absolute atomic E-state index is 11.2. The molecule has 0 radical (unpaired) electrons. The molecule has 88 valence electrons. The van der Waals surface area contributed by atoms with E-state index in [4.69, 9.17) is 10.8 Å². The Morgan fingerprint density at radius 2 is 2.38 bits per heavy atom. The standard InChI is InChI=1S/C10H16N4O2/c11-7-8(13-6-14-9(7)16)12-5-10(1-2-10)3-4-15/h6,15H,1-5,11H2,(H2,12,13,14,16). The highest BCUT2D eigenvalue weighted by atomic mass is 16.3. The number of H-pyrrole nitrogens is 1. The first-order valence-electron chi connectivity index (χ1n) is 5.35. The van der Waals surface area contributed by atoms with Crippen molar-refractivity contribution in [3.05, 3.63) is 16.7 Å². The van der Waals surface area contributed by atoms with Crippen molar-refractivity contribution in [3.8, 4) is 0 Å². The zero-order valence-electron chi connectivity index (χ0n) is 8.99. The molecular formula is C10H16N4O2. The normalized spacial score (nSPS) is 17.1. The van der Waals surface area contributed by atoms with Gasteiger partial charge in [0.2, 0.25) is 0 Å². The average Bonchev–Trinajstić information content (AvgIpc) is 3.02. The lowest BCUT2D eigenvalue weighted by molar-refractivity contribution is 0.253. The summed E-state index contributed by atoms with van der Waals surface area (Å²) < 4.78 is 0. The van der Waals surface area contributed by atoms with Crippen molar-refractivity contribution in [1.82, 2.24) is 9.97 Å². The largest absolute Gasteiger partial charge is 0.396 e. The fraction of sp³-hybridized carbons (Fsp3) is 0.600. The van der Waals surface area contributed by atoms with Gasteiger partial charge < -0.3 is 21.1 Å². The molecule has 1 saturated carbocycles.